The van der Waals surface area contributed by atoms with Crippen LogP contribution in [0.3, 0.4) is 0 Å². The summed E-state index contributed by atoms with van der Waals surface area (Å²) >= 11 is 0. The van der Waals surface area contributed by atoms with Gasteiger partial charge >= 0.3 is 11.9 Å². The third-order valence-electron chi connectivity index (χ3n) is 4.29. The van der Waals surface area contributed by atoms with Crippen LogP contribution in [-0.2, 0) is 27.4 Å². The van der Waals surface area contributed by atoms with Crippen LogP contribution in [0.4, 0.5) is 0 Å². The topological polar surface area (TPSA) is 89.6 Å². The van der Waals surface area contributed by atoms with E-state index in [2.05, 4.69) is 18.2 Å². The van der Waals surface area contributed by atoms with E-state index in [1.807, 2.05) is 24.3 Å². The molecule has 3 N–H and O–H groups in total. The number of carboxylic acid groups (broad SMARTS) is 1. The molecule has 1 aliphatic rings. The maximum absolute atomic E-state index is 11.9. The summed E-state index contributed by atoms with van der Waals surface area (Å²) in [6, 6.07) is 13.3. The van der Waals surface area contributed by atoms with E-state index in [9.17, 15) is 9.59 Å². The zero-order chi connectivity index (χ0) is 17.1. The molecule has 0 heterocycles. The van der Waals surface area contributed by atoms with E-state index >= 15 is 0 Å². The van der Waals surface area contributed by atoms with Crippen molar-refractivity contribution in [3.63, 3.8) is 0 Å². The molecule has 1 atom stereocenters. The first kappa shape index (κ1) is 16.2. The van der Waals surface area contributed by atoms with E-state index in [4.69, 9.17) is 15.6 Å². The Morgan fingerprint density at radius 1 is 1.12 bits per heavy atom. The molecule has 5 nitrogen and oxygen atoms in total. The van der Waals surface area contributed by atoms with Crippen LogP contribution in [0.25, 0.3) is 11.1 Å². The number of carboxylic acids is 1. The van der Waals surface area contributed by atoms with Crippen LogP contribution in [0, 0.1) is 0 Å². The minimum atomic E-state index is -0.975. The Kier molecular flexibility index (Phi) is 4.62. The summed E-state index contributed by atoms with van der Waals surface area (Å²) in [5.41, 5.74) is 11.5. The molecule has 0 fully saturated rings. The summed E-state index contributed by atoms with van der Waals surface area (Å²) in [6.07, 6.45) is 0.753. The van der Waals surface area contributed by atoms with Crippen LogP contribution in [0.1, 0.15) is 29.5 Å². The first-order valence-corrected chi connectivity index (χ1v) is 7.89. The van der Waals surface area contributed by atoms with Gasteiger partial charge < -0.3 is 15.6 Å². The van der Waals surface area contributed by atoms with Gasteiger partial charge in [-0.25, -0.2) is 0 Å². The molecule has 124 valence electrons. The average Bonchev–Trinajstić information content (AvgIpc) is 2.96. The van der Waals surface area contributed by atoms with Crippen molar-refractivity contribution in [1.29, 1.82) is 0 Å². The molecule has 24 heavy (non-hydrogen) atoms. The zero-order valence-corrected chi connectivity index (χ0v) is 13.2. The minimum absolute atomic E-state index is 0.0759. The van der Waals surface area contributed by atoms with Crippen LogP contribution in [-0.4, -0.2) is 23.1 Å². The largest absolute Gasteiger partial charge is 0.481 e. The van der Waals surface area contributed by atoms with Gasteiger partial charge in [-0.2, -0.15) is 0 Å². The van der Waals surface area contributed by atoms with Gasteiger partial charge in [0, 0.05) is 6.42 Å². The summed E-state index contributed by atoms with van der Waals surface area (Å²) < 4.78 is 5.29. The van der Waals surface area contributed by atoms with Gasteiger partial charge in [-0.05, 0) is 40.7 Å². The summed E-state index contributed by atoms with van der Waals surface area (Å²) in [4.78, 5) is 22.4. The molecule has 0 radical (unpaired) electrons. The molecular weight excluding hydrogens is 306 g/mol. The Morgan fingerprint density at radius 2 is 1.88 bits per heavy atom. The van der Waals surface area contributed by atoms with Crippen molar-refractivity contribution in [2.24, 2.45) is 5.73 Å². The van der Waals surface area contributed by atoms with Crippen LogP contribution < -0.4 is 5.73 Å². The van der Waals surface area contributed by atoms with Crippen molar-refractivity contribution < 1.29 is 19.4 Å². The molecule has 0 spiro atoms. The number of aliphatic carboxylic acids is 1. The van der Waals surface area contributed by atoms with Crippen LogP contribution >= 0.6 is 0 Å². The lowest BCUT2D eigenvalue weighted by Gasteiger charge is -2.12. The second-order valence-electron chi connectivity index (χ2n) is 5.92. The lowest BCUT2D eigenvalue weighted by atomic mass is 10.0. The Labute approximate surface area is 140 Å². The second kappa shape index (κ2) is 6.84. The van der Waals surface area contributed by atoms with Gasteiger partial charge in [0.05, 0.1) is 0 Å². The molecule has 0 bridgehead atoms. The zero-order valence-electron chi connectivity index (χ0n) is 13.2. The maximum atomic E-state index is 11.9. The highest BCUT2D eigenvalue weighted by Crippen LogP contribution is 2.38. The normalized spacial score (nSPS) is 13.0. The molecular formula is C19H19NO4. The van der Waals surface area contributed by atoms with Crippen LogP contribution in [0.5, 0.6) is 0 Å². The van der Waals surface area contributed by atoms with E-state index < -0.39 is 18.0 Å². The van der Waals surface area contributed by atoms with E-state index in [0.717, 1.165) is 12.0 Å². The molecule has 5 heteroatoms. The van der Waals surface area contributed by atoms with Crippen molar-refractivity contribution in [3.8, 4) is 11.1 Å². The molecule has 0 aliphatic heterocycles. The number of esters is 1. The van der Waals surface area contributed by atoms with Crippen LogP contribution in [0.15, 0.2) is 42.5 Å². The highest BCUT2D eigenvalue weighted by atomic mass is 16.5. The van der Waals surface area contributed by atoms with Crippen molar-refractivity contribution in [2.75, 3.05) is 0 Å². The highest BCUT2D eigenvalue weighted by Gasteiger charge is 2.22. The van der Waals surface area contributed by atoms with Crippen LogP contribution in [0.2, 0.25) is 0 Å². The number of carbonyl (C=O) groups excluding carboxylic acids is 1. The maximum Gasteiger partial charge on any atom is 0.323 e. The summed E-state index contributed by atoms with van der Waals surface area (Å²) in [7, 11) is 0. The number of carbonyl (C=O) groups is 2. The number of fused-ring (bicyclic) bond motifs is 3. The van der Waals surface area contributed by atoms with Crippen molar-refractivity contribution in [2.45, 2.75) is 31.9 Å². The van der Waals surface area contributed by atoms with E-state index in [1.54, 1.807) is 0 Å². The molecule has 0 saturated heterocycles. The first-order chi connectivity index (χ1) is 11.6. The smallest absolute Gasteiger partial charge is 0.323 e. The SMILES string of the molecule is N[C@@H](CCC(=O)O)C(=O)OCc1cccc2c1Cc1ccccc1-2. The van der Waals surface area contributed by atoms with E-state index in [0.29, 0.717) is 0 Å². The molecule has 3 rings (SSSR count). The van der Waals surface area contributed by atoms with E-state index in [1.165, 1.54) is 22.3 Å². The van der Waals surface area contributed by atoms with Gasteiger partial charge in [0.2, 0.25) is 0 Å². The monoisotopic (exact) mass is 325 g/mol. The average molecular weight is 325 g/mol. The fourth-order valence-electron chi connectivity index (χ4n) is 3.01. The van der Waals surface area contributed by atoms with Gasteiger partial charge in [0.25, 0.3) is 0 Å². The predicted molar refractivity (Wildman–Crippen MR) is 89.3 cm³/mol. The fourth-order valence-corrected chi connectivity index (χ4v) is 3.01. The van der Waals surface area contributed by atoms with Crippen molar-refractivity contribution in [1.82, 2.24) is 0 Å². The lowest BCUT2D eigenvalue weighted by molar-refractivity contribution is -0.147. The highest BCUT2D eigenvalue weighted by molar-refractivity contribution is 5.79. The Balaban J connectivity index is 1.68. The fraction of sp³-hybridized carbons (Fsp3) is 0.263. The van der Waals surface area contributed by atoms with Crippen molar-refractivity contribution >= 4 is 11.9 Å². The summed E-state index contributed by atoms with van der Waals surface area (Å²) in [5, 5.41) is 8.64. The van der Waals surface area contributed by atoms with Gasteiger partial charge in [0.1, 0.15) is 12.6 Å². The van der Waals surface area contributed by atoms with Gasteiger partial charge in [-0.15, -0.1) is 0 Å². The lowest BCUT2D eigenvalue weighted by Crippen LogP contribution is -2.32. The number of rotatable bonds is 6. The summed E-state index contributed by atoms with van der Waals surface area (Å²) in [6.45, 7) is 0.150. The molecule has 1 aliphatic carbocycles. The minimum Gasteiger partial charge on any atom is -0.481 e. The van der Waals surface area contributed by atoms with Gasteiger partial charge in [0.15, 0.2) is 0 Å². The quantitative estimate of drug-likeness (QED) is 0.680. The number of ether oxygens (including phenoxy) is 1. The molecule has 2 aromatic carbocycles. The predicted octanol–water partition coefficient (Wildman–Crippen LogP) is 2.49. The van der Waals surface area contributed by atoms with Gasteiger partial charge in [-0.1, -0.05) is 42.5 Å². The number of hydrogen-bond acceptors (Lipinski definition) is 4. The van der Waals surface area contributed by atoms with E-state index in [-0.39, 0.29) is 19.4 Å². The molecule has 0 unspecified atom stereocenters. The Morgan fingerprint density at radius 3 is 2.67 bits per heavy atom. The second-order valence-corrected chi connectivity index (χ2v) is 5.92. The molecule has 0 saturated carbocycles. The number of benzene rings is 2. The number of nitrogens with two attached hydrogens (primary N) is 1. The van der Waals surface area contributed by atoms with Gasteiger partial charge in [-0.3, -0.25) is 9.59 Å². The number of hydrogen-bond donors (Lipinski definition) is 2. The third kappa shape index (κ3) is 3.31. The molecule has 0 amide bonds. The first-order valence-electron chi connectivity index (χ1n) is 7.89. The summed E-state index contributed by atoms with van der Waals surface area (Å²) in [5.74, 6) is -1.54. The Hall–Kier alpha value is -2.66. The molecule has 0 aromatic heterocycles. The van der Waals surface area contributed by atoms with Crippen molar-refractivity contribution in [3.05, 3.63) is 59.2 Å². The standard InChI is InChI=1S/C19H19NO4/c20-17(8-9-18(21)22)19(23)24-11-13-5-3-7-15-14-6-2-1-4-12(14)10-16(13)15/h1-7,17H,8-11,20H2,(H,21,22)/t17-/m0/s1. The third-order valence-corrected chi connectivity index (χ3v) is 4.29. The Bertz CT molecular complexity index is 785. The molecule has 2 aromatic rings.